The van der Waals surface area contributed by atoms with E-state index in [1.165, 1.54) is 11.3 Å². The predicted octanol–water partition coefficient (Wildman–Crippen LogP) is 3.67. The summed E-state index contributed by atoms with van der Waals surface area (Å²) in [6.07, 6.45) is 1.60. The highest BCUT2D eigenvalue weighted by Gasteiger charge is 1.98. The number of halogens is 1. The standard InChI is InChI=1S/C12H10BrN3OS/c13-11-7-6-10(18-11)8-14-16-12(17)15-9-4-2-1-3-5-9/h1-8H,(H2,15,16,17). The van der Waals surface area contributed by atoms with Crippen LogP contribution >= 0.6 is 27.3 Å². The number of nitrogens with zero attached hydrogens (tertiary/aromatic N) is 1. The zero-order chi connectivity index (χ0) is 12.8. The van der Waals surface area contributed by atoms with E-state index in [4.69, 9.17) is 0 Å². The van der Waals surface area contributed by atoms with Crippen molar-refractivity contribution in [2.24, 2.45) is 5.10 Å². The lowest BCUT2D eigenvalue weighted by Gasteiger charge is -2.02. The molecule has 1 heterocycles. The van der Waals surface area contributed by atoms with Crippen molar-refractivity contribution in [1.29, 1.82) is 0 Å². The summed E-state index contributed by atoms with van der Waals surface area (Å²) in [6, 6.07) is 12.7. The Morgan fingerprint density at radius 3 is 2.67 bits per heavy atom. The molecule has 0 aliphatic carbocycles. The molecule has 1 aromatic carbocycles. The average molecular weight is 324 g/mol. The Morgan fingerprint density at radius 1 is 1.22 bits per heavy atom. The summed E-state index contributed by atoms with van der Waals surface area (Å²) in [7, 11) is 0. The van der Waals surface area contributed by atoms with Gasteiger partial charge in [0, 0.05) is 10.6 Å². The van der Waals surface area contributed by atoms with Gasteiger partial charge < -0.3 is 5.32 Å². The number of amides is 2. The van der Waals surface area contributed by atoms with E-state index in [0.29, 0.717) is 0 Å². The third-order valence-electron chi connectivity index (χ3n) is 1.98. The molecule has 0 saturated heterocycles. The molecule has 4 nitrogen and oxygen atoms in total. The number of benzene rings is 1. The fourth-order valence-corrected chi connectivity index (χ4v) is 2.53. The van der Waals surface area contributed by atoms with Gasteiger partial charge in [-0.05, 0) is 40.2 Å². The first-order valence-electron chi connectivity index (χ1n) is 5.14. The molecule has 2 amide bonds. The number of hydrazone groups is 1. The molecule has 0 spiro atoms. The topological polar surface area (TPSA) is 53.5 Å². The van der Waals surface area contributed by atoms with Gasteiger partial charge in [0.15, 0.2) is 0 Å². The normalized spacial score (nSPS) is 10.5. The molecule has 0 aliphatic heterocycles. The highest BCUT2D eigenvalue weighted by atomic mass is 79.9. The molecule has 0 aliphatic rings. The van der Waals surface area contributed by atoms with Crippen LogP contribution in [0.4, 0.5) is 10.5 Å². The molecule has 0 bridgehead atoms. The van der Waals surface area contributed by atoms with Crippen LogP contribution in [0.3, 0.4) is 0 Å². The Morgan fingerprint density at radius 2 is 2.00 bits per heavy atom. The second-order valence-corrected chi connectivity index (χ2v) is 5.83. The van der Waals surface area contributed by atoms with Gasteiger partial charge in [-0.3, -0.25) is 0 Å². The average Bonchev–Trinajstić information content (AvgIpc) is 2.76. The zero-order valence-electron chi connectivity index (χ0n) is 9.26. The SMILES string of the molecule is O=C(NN=Cc1ccc(Br)s1)Nc1ccccc1. The van der Waals surface area contributed by atoms with Gasteiger partial charge in [0.1, 0.15) is 0 Å². The number of anilines is 1. The van der Waals surface area contributed by atoms with Crippen LogP contribution in [-0.2, 0) is 0 Å². The van der Waals surface area contributed by atoms with Gasteiger partial charge in [0.2, 0.25) is 0 Å². The van der Waals surface area contributed by atoms with Gasteiger partial charge in [-0.1, -0.05) is 18.2 Å². The fourth-order valence-electron chi connectivity index (χ4n) is 1.23. The molecule has 2 N–H and O–H groups in total. The third kappa shape index (κ3) is 3.97. The monoisotopic (exact) mass is 323 g/mol. The lowest BCUT2D eigenvalue weighted by atomic mass is 10.3. The van der Waals surface area contributed by atoms with Gasteiger partial charge >= 0.3 is 6.03 Å². The molecule has 0 fully saturated rings. The summed E-state index contributed by atoms with van der Waals surface area (Å²) in [5, 5.41) is 6.52. The van der Waals surface area contributed by atoms with Crippen molar-refractivity contribution in [3.8, 4) is 0 Å². The zero-order valence-corrected chi connectivity index (χ0v) is 11.7. The summed E-state index contributed by atoms with van der Waals surface area (Å²) < 4.78 is 1.03. The number of urea groups is 1. The highest BCUT2D eigenvalue weighted by molar-refractivity contribution is 9.11. The van der Waals surface area contributed by atoms with Crippen LogP contribution in [0.15, 0.2) is 51.4 Å². The minimum atomic E-state index is -0.368. The first-order valence-corrected chi connectivity index (χ1v) is 6.75. The summed E-state index contributed by atoms with van der Waals surface area (Å²) in [5.74, 6) is 0. The smallest absolute Gasteiger partial charge is 0.307 e. The molecule has 1 aromatic heterocycles. The molecule has 2 rings (SSSR count). The molecule has 0 unspecified atom stereocenters. The number of para-hydroxylation sites is 1. The quantitative estimate of drug-likeness (QED) is 0.657. The Labute approximate surface area is 117 Å². The third-order valence-corrected chi connectivity index (χ3v) is 3.54. The van der Waals surface area contributed by atoms with Gasteiger partial charge in [-0.25, -0.2) is 10.2 Å². The van der Waals surface area contributed by atoms with Crippen molar-refractivity contribution >= 4 is 45.2 Å². The highest BCUT2D eigenvalue weighted by Crippen LogP contribution is 2.20. The fraction of sp³-hybridized carbons (Fsp3) is 0. The Kier molecular flexibility index (Phi) is 4.49. The first-order chi connectivity index (χ1) is 8.74. The van der Waals surface area contributed by atoms with E-state index >= 15 is 0 Å². The second kappa shape index (κ2) is 6.32. The van der Waals surface area contributed by atoms with Crippen molar-refractivity contribution in [2.45, 2.75) is 0 Å². The lowest BCUT2D eigenvalue weighted by molar-refractivity contribution is 0.252. The number of hydrogen-bond acceptors (Lipinski definition) is 3. The summed E-state index contributed by atoms with van der Waals surface area (Å²) >= 11 is 4.89. The van der Waals surface area contributed by atoms with Crippen LogP contribution in [0.5, 0.6) is 0 Å². The van der Waals surface area contributed by atoms with Crippen LogP contribution in [0.25, 0.3) is 0 Å². The molecule has 92 valence electrons. The maximum Gasteiger partial charge on any atom is 0.339 e. The van der Waals surface area contributed by atoms with Gasteiger partial charge in [-0.15, -0.1) is 11.3 Å². The molecular formula is C12H10BrN3OS. The van der Waals surface area contributed by atoms with Gasteiger partial charge in [0.25, 0.3) is 0 Å². The summed E-state index contributed by atoms with van der Waals surface area (Å²) in [6.45, 7) is 0. The molecule has 18 heavy (non-hydrogen) atoms. The van der Waals surface area contributed by atoms with Crippen molar-refractivity contribution in [3.05, 3.63) is 51.1 Å². The largest absolute Gasteiger partial charge is 0.339 e. The number of carbonyl (C=O) groups excluding carboxylic acids is 1. The Hall–Kier alpha value is -1.66. The van der Waals surface area contributed by atoms with Crippen molar-refractivity contribution in [3.63, 3.8) is 0 Å². The number of thiophene rings is 1. The van der Waals surface area contributed by atoms with E-state index in [-0.39, 0.29) is 6.03 Å². The summed E-state index contributed by atoms with van der Waals surface area (Å²) in [5.41, 5.74) is 3.13. The van der Waals surface area contributed by atoms with E-state index < -0.39 is 0 Å². The molecule has 0 saturated carbocycles. The van der Waals surface area contributed by atoms with Crippen LogP contribution < -0.4 is 10.7 Å². The van der Waals surface area contributed by atoms with Crippen molar-refractivity contribution < 1.29 is 4.79 Å². The second-order valence-electron chi connectivity index (χ2n) is 3.33. The number of rotatable bonds is 3. The van der Waals surface area contributed by atoms with Crippen LogP contribution in [0, 0.1) is 0 Å². The number of carbonyl (C=O) groups is 1. The lowest BCUT2D eigenvalue weighted by Crippen LogP contribution is -2.24. The maximum absolute atomic E-state index is 11.5. The van der Waals surface area contributed by atoms with Gasteiger partial charge in [0.05, 0.1) is 10.0 Å². The number of nitrogens with one attached hydrogen (secondary N) is 2. The van der Waals surface area contributed by atoms with E-state index in [2.05, 4.69) is 31.8 Å². The maximum atomic E-state index is 11.5. The van der Waals surface area contributed by atoms with Crippen molar-refractivity contribution in [2.75, 3.05) is 5.32 Å². The minimum Gasteiger partial charge on any atom is -0.307 e. The van der Waals surface area contributed by atoms with Crippen LogP contribution in [0.2, 0.25) is 0 Å². The summed E-state index contributed by atoms with van der Waals surface area (Å²) in [4.78, 5) is 12.4. The van der Waals surface area contributed by atoms with Crippen LogP contribution in [-0.4, -0.2) is 12.2 Å². The van der Waals surface area contributed by atoms with E-state index in [1.807, 2.05) is 30.3 Å². The van der Waals surface area contributed by atoms with E-state index in [0.717, 1.165) is 14.4 Å². The first kappa shape index (κ1) is 12.8. The molecule has 0 atom stereocenters. The Balaban J connectivity index is 1.83. The number of hydrogen-bond donors (Lipinski definition) is 2. The molecule has 6 heteroatoms. The van der Waals surface area contributed by atoms with Crippen LogP contribution in [0.1, 0.15) is 4.88 Å². The van der Waals surface area contributed by atoms with Crippen molar-refractivity contribution in [1.82, 2.24) is 5.43 Å². The van der Waals surface area contributed by atoms with E-state index in [1.54, 1.807) is 18.3 Å². The predicted molar refractivity (Wildman–Crippen MR) is 78.2 cm³/mol. The van der Waals surface area contributed by atoms with Gasteiger partial charge in [-0.2, -0.15) is 5.10 Å². The molecule has 0 radical (unpaired) electrons. The minimum absolute atomic E-state index is 0.368. The molecular weight excluding hydrogens is 314 g/mol. The Bertz CT molecular complexity index is 553. The van der Waals surface area contributed by atoms with E-state index in [9.17, 15) is 4.79 Å². The molecule has 2 aromatic rings.